The number of amides is 3. The quantitative estimate of drug-likeness (QED) is 0.602. The Kier molecular flexibility index (Phi) is 4.61. The second-order valence-electron chi connectivity index (χ2n) is 5.09. The zero-order valence-corrected chi connectivity index (χ0v) is 12.8. The molecule has 3 rings (SSSR count). The van der Waals surface area contributed by atoms with Gasteiger partial charge in [-0.15, -0.1) is 0 Å². The molecule has 0 aromatic carbocycles. The van der Waals surface area contributed by atoms with Gasteiger partial charge in [-0.1, -0.05) is 11.8 Å². The molecule has 0 saturated carbocycles. The van der Waals surface area contributed by atoms with E-state index in [0.717, 1.165) is 30.9 Å². The molecule has 0 radical (unpaired) electrons. The van der Waals surface area contributed by atoms with Crippen molar-refractivity contribution < 1.29 is 9.59 Å². The van der Waals surface area contributed by atoms with Crippen molar-refractivity contribution in [3.05, 3.63) is 29.6 Å². The van der Waals surface area contributed by atoms with E-state index >= 15 is 0 Å². The van der Waals surface area contributed by atoms with Crippen LogP contribution in [0.2, 0.25) is 0 Å². The molecule has 2 N–H and O–H groups in total. The van der Waals surface area contributed by atoms with Crippen molar-refractivity contribution >= 4 is 23.7 Å². The molecule has 1 unspecified atom stereocenters. The Hall–Kier alpha value is -2.04. The second kappa shape index (κ2) is 6.81. The fourth-order valence-electron chi connectivity index (χ4n) is 2.25. The van der Waals surface area contributed by atoms with Crippen LogP contribution in [0.25, 0.3) is 0 Å². The van der Waals surface area contributed by atoms with Crippen LogP contribution in [0.1, 0.15) is 11.3 Å². The SMILES string of the molecule is O=C1NC(=O)C(C#Cc2ccc(CN3CCSCC3)nc2)N1. The summed E-state index contributed by atoms with van der Waals surface area (Å²) in [6.45, 7) is 3.06. The average Bonchev–Trinajstić information content (AvgIpc) is 2.85. The first-order valence-electron chi connectivity index (χ1n) is 7.09. The van der Waals surface area contributed by atoms with E-state index in [-0.39, 0.29) is 0 Å². The van der Waals surface area contributed by atoms with Gasteiger partial charge in [0, 0.05) is 42.9 Å². The van der Waals surface area contributed by atoms with Gasteiger partial charge in [0.05, 0.1) is 5.69 Å². The van der Waals surface area contributed by atoms with E-state index in [0.29, 0.717) is 0 Å². The number of nitrogens with one attached hydrogen (secondary N) is 2. The Balaban J connectivity index is 1.60. The standard InChI is InChI=1S/C15H16N4O2S/c20-14-13(17-15(21)18-14)4-2-11-1-3-12(16-9-11)10-19-5-7-22-8-6-19/h1,3,9,13H,5-8,10H2,(H2,17,18,20,21). The lowest BCUT2D eigenvalue weighted by atomic mass is 10.2. The van der Waals surface area contributed by atoms with Crippen LogP contribution in [0.5, 0.6) is 0 Å². The van der Waals surface area contributed by atoms with E-state index in [1.165, 1.54) is 11.5 Å². The number of urea groups is 1. The molecule has 2 aliphatic heterocycles. The van der Waals surface area contributed by atoms with Gasteiger partial charge in [-0.2, -0.15) is 11.8 Å². The van der Waals surface area contributed by atoms with Crippen LogP contribution in [0, 0.1) is 11.8 Å². The normalized spacial score (nSPS) is 21.7. The fourth-order valence-corrected chi connectivity index (χ4v) is 3.23. The van der Waals surface area contributed by atoms with E-state index < -0.39 is 18.0 Å². The predicted octanol–water partition coefficient (Wildman–Crippen LogP) is 0.190. The van der Waals surface area contributed by atoms with Crippen LogP contribution >= 0.6 is 11.8 Å². The lowest BCUT2D eigenvalue weighted by Crippen LogP contribution is -2.32. The van der Waals surface area contributed by atoms with Crippen molar-refractivity contribution in [2.75, 3.05) is 24.6 Å². The Labute approximate surface area is 133 Å². The van der Waals surface area contributed by atoms with Gasteiger partial charge in [-0.3, -0.25) is 20.0 Å². The highest BCUT2D eigenvalue weighted by Crippen LogP contribution is 2.12. The van der Waals surface area contributed by atoms with Crippen molar-refractivity contribution in [2.24, 2.45) is 0 Å². The number of carbonyl (C=O) groups excluding carboxylic acids is 2. The topological polar surface area (TPSA) is 74.3 Å². The summed E-state index contributed by atoms with van der Waals surface area (Å²) in [5.74, 6) is 7.54. The highest BCUT2D eigenvalue weighted by atomic mass is 32.2. The number of aromatic nitrogens is 1. The summed E-state index contributed by atoms with van der Waals surface area (Å²) in [7, 11) is 0. The zero-order valence-electron chi connectivity index (χ0n) is 12.0. The number of imide groups is 1. The van der Waals surface area contributed by atoms with Crippen molar-refractivity contribution in [1.82, 2.24) is 20.5 Å². The van der Waals surface area contributed by atoms with Gasteiger partial charge in [0.15, 0.2) is 6.04 Å². The van der Waals surface area contributed by atoms with Gasteiger partial charge in [-0.05, 0) is 12.1 Å². The summed E-state index contributed by atoms with van der Waals surface area (Å²) in [5.41, 5.74) is 1.75. The van der Waals surface area contributed by atoms with Crippen molar-refractivity contribution in [3.8, 4) is 11.8 Å². The van der Waals surface area contributed by atoms with Crippen molar-refractivity contribution in [2.45, 2.75) is 12.6 Å². The maximum absolute atomic E-state index is 11.4. The second-order valence-corrected chi connectivity index (χ2v) is 6.32. The van der Waals surface area contributed by atoms with Gasteiger partial charge < -0.3 is 5.32 Å². The molecule has 1 atom stereocenters. The molecule has 3 heterocycles. The van der Waals surface area contributed by atoms with Gasteiger partial charge in [0.25, 0.3) is 5.91 Å². The van der Waals surface area contributed by atoms with Crippen LogP contribution in [0.4, 0.5) is 4.79 Å². The molecule has 1 aromatic heterocycles. The minimum absolute atomic E-state index is 0.412. The van der Waals surface area contributed by atoms with Gasteiger partial charge >= 0.3 is 6.03 Å². The largest absolute Gasteiger partial charge is 0.322 e. The summed E-state index contributed by atoms with van der Waals surface area (Å²) in [6.07, 6.45) is 1.70. The van der Waals surface area contributed by atoms with Gasteiger partial charge in [0.2, 0.25) is 0 Å². The lowest BCUT2D eigenvalue weighted by Gasteiger charge is -2.25. The predicted molar refractivity (Wildman–Crippen MR) is 84.2 cm³/mol. The first-order chi connectivity index (χ1) is 10.7. The Morgan fingerprint density at radius 2 is 2.14 bits per heavy atom. The van der Waals surface area contributed by atoms with Crippen LogP contribution in [-0.4, -0.2) is 52.5 Å². The maximum atomic E-state index is 11.4. The van der Waals surface area contributed by atoms with Gasteiger partial charge in [-0.25, -0.2) is 4.79 Å². The Bertz CT molecular complexity index is 629. The van der Waals surface area contributed by atoms with Crippen LogP contribution in [0.3, 0.4) is 0 Å². The van der Waals surface area contributed by atoms with Crippen LogP contribution in [-0.2, 0) is 11.3 Å². The lowest BCUT2D eigenvalue weighted by molar-refractivity contribution is -0.119. The van der Waals surface area contributed by atoms with Crippen LogP contribution in [0.15, 0.2) is 18.3 Å². The molecule has 0 aliphatic carbocycles. The molecular formula is C15H16N4O2S. The molecule has 0 spiro atoms. The molecule has 0 bridgehead atoms. The Morgan fingerprint density at radius 1 is 1.32 bits per heavy atom. The summed E-state index contributed by atoms with van der Waals surface area (Å²) < 4.78 is 0. The Morgan fingerprint density at radius 3 is 2.77 bits per heavy atom. The molecule has 114 valence electrons. The molecule has 6 nitrogen and oxygen atoms in total. The van der Waals surface area contributed by atoms with E-state index in [1.54, 1.807) is 6.20 Å². The average molecular weight is 316 g/mol. The number of rotatable bonds is 2. The van der Waals surface area contributed by atoms with E-state index in [1.807, 2.05) is 23.9 Å². The molecule has 2 aliphatic rings. The zero-order chi connectivity index (χ0) is 15.4. The number of hydrogen-bond donors (Lipinski definition) is 2. The minimum atomic E-state index is -0.780. The third-order valence-corrected chi connectivity index (χ3v) is 4.39. The van der Waals surface area contributed by atoms with E-state index in [4.69, 9.17) is 0 Å². The number of pyridine rings is 1. The third kappa shape index (κ3) is 3.78. The monoisotopic (exact) mass is 316 g/mol. The number of hydrogen-bond acceptors (Lipinski definition) is 5. The first kappa shape index (κ1) is 14.9. The van der Waals surface area contributed by atoms with E-state index in [9.17, 15) is 9.59 Å². The van der Waals surface area contributed by atoms with Crippen molar-refractivity contribution in [3.63, 3.8) is 0 Å². The summed E-state index contributed by atoms with van der Waals surface area (Å²) in [6, 6.07) is 2.57. The minimum Gasteiger partial charge on any atom is -0.316 e. The van der Waals surface area contributed by atoms with Crippen LogP contribution < -0.4 is 10.6 Å². The highest BCUT2D eigenvalue weighted by molar-refractivity contribution is 7.99. The molecule has 7 heteroatoms. The molecule has 3 amide bonds. The summed E-state index contributed by atoms with van der Waals surface area (Å²) >= 11 is 1.99. The summed E-state index contributed by atoms with van der Waals surface area (Å²) in [4.78, 5) is 29.1. The number of carbonyl (C=O) groups is 2. The third-order valence-electron chi connectivity index (χ3n) is 3.45. The van der Waals surface area contributed by atoms with Crippen molar-refractivity contribution in [1.29, 1.82) is 0 Å². The molecular weight excluding hydrogens is 300 g/mol. The highest BCUT2D eigenvalue weighted by Gasteiger charge is 2.27. The fraction of sp³-hybridized carbons (Fsp3) is 0.400. The summed E-state index contributed by atoms with van der Waals surface area (Å²) in [5, 5.41) is 4.58. The van der Waals surface area contributed by atoms with Gasteiger partial charge in [0.1, 0.15) is 0 Å². The van der Waals surface area contributed by atoms with E-state index in [2.05, 4.69) is 32.4 Å². The molecule has 1 aromatic rings. The maximum Gasteiger partial charge on any atom is 0.322 e. The number of thioether (sulfide) groups is 1. The number of nitrogens with zero attached hydrogens (tertiary/aromatic N) is 2. The molecule has 2 saturated heterocycles. The smallest absolute Gasteiger partial charge is 0.316 e. The first-order valence-corrected chi connectivity index (χ1v) is 8.24. The molecule has 2 fully saturated rings. The molecule has 22 heavy (non-hydrogen) atoms.